The average molecular weight is 371 g/mol. The number of carbonyl (C=O) groups excluding carboxylic acids is 2. The summed E-state index contributed by atoms with van der Waals surface area (Å²) in [6.45, 7) is 0.973. The molecule has 3 rings (SSSR count). The van der Waals surface area contributed by atoms with Gasteiger partial charge in [0, 0.05) is 25.3 Å². The van der Waals surface area contributed by atoms with Gasteiger partial charge < -0.3 is 14.9 Å². The second-order valence-corrected chi connectivity index (χ2v) is 6.85. The minimum Gasteiger partial charge on any atom is -0.481 e. The second kappa shape index (κ2) is 6.61. The fourth-order valence-electron chi connectivity index (χ4n) is 3.20. The van der Waals surface area contributed by atoms with Crippen LogP contribution in [-0.4, -0.2) is 47.4 Å². The fourth-order valence-corrected chi connectivity index (χ4v) is 3.49. The van der Waals surface area contributed by atoms with Crippen LogP contribution in [0.25, 0.3) is 0 Å². The van der Waals surface area contributed by atoms with Crippen molar-refractivity contribution in [3.8, 4) is 0 Å². The second-order valence-electron chi connectivity index (χ2n) is 6.04. The van der Waals surface area contributed by atoms with Crippen LogP contribution in [-0.2, 0) is 14.4 Å². The Kier molecular flexibility index (Phi) is 4.69. The number of rotatable bonds is 3. The Morgan fingerprint density at radius 3 is 2.50 bits per heavy atom. The molecule has 2 saturated heterocycles. The van der Waals surface area contributed by atoms with Gasteiger partial charge in [0.1, 0.15) is 5.92 Å². The molecule has 24 heavy (non-hydrogen) atoms. The number of hydrogen-bond acceptors (Lipinski definition) is 3. The van der Waals surface area contributed by atoms with E-state index in [0.29, 0.717) is 41.7 Å². The Morgan fingerprint density at radius 2 is 1.88 bits per heavy atom. The van der Waals surface area contributed by atoms with Gasteiger partial charge in [-0.1, -0.05) is 23.2 Å². The molecule has 0 aliphatic carbocycles. The molecule has 0 bridgehead atoms. The summed E-state index contributed by atoms with van der Waals surface area (Å²) in [6.07, 6.45) is 0.838. The highest BCUT2D eigenvalue weighted by molar-refractivity contribution is 6.42. The summed E-state index contributed by atoms with van der Waals surface area (Å²) in [6, 6.07) is 4.90. The van der Waals surface area contributed by atoms with Crippen molar-refractivity contribution in [3.63, 3.8) is 0 Å². The quantitative estimate of drug-likeness (QED) is 0.827. The van der Waals surface area contributed by atoms with Gasteiger partial charge in [-0.05, 0) is 31.0 Å². The molecule has 0 aromatic heterocycles. The first-order valence-corrected chi connectivity index (χ1v) is 8.42. The van der Waals surface area contributed by atoms with Gasteiger partial charge in [0.05, 0.1) is 16.0 Å². The molecule has 0 radical (unpaired) electrons. The van der Waals surface area contributed by atoms with Crippen molar-refractivity contribution in [2.45, 2.75) is 12.8 Å². The molecular formula is C16H16Cl2N2O4. The fraction of sp³-hybridized carbons (Fsp3) is 0.438. The van der Waals surface area contributed by atoms with Gasteiger partial charge in [-0.2, -0.15) is 0 Å². The van der Waals surface area contributed by atoms with E-state index >= 15 is 0 Å². The van der Waals surface area contributed by atoms with Gasteiger partial charge in [0.25, 0.3) is 0 Å². The number of carboxylic acid groups (broad SMARTS) is 1. The monoisotopic (exact) mass is 370 g/mol. The zero-order chi connectivity index (χ0) is 17.4. The molecule has 2 aliphatic heterocycles. The Labute approximate surface area is 148 Å². The topological polar surface area (TPSA) is 77.9 Å². The third kappa shape index (κ3) is 3.08. The lowest BCUT2D eigenvalue weighted by Gasteiger charge is -2.21. The number of likely N-dealkylation sites (tertiary alicyclic amines) is 1. The molecule has 8 heteroatoms. The van der Waals surface area contributed by atoms with Crippen LogP contribution in [0.4, 0.5) is 5.69 Å². The summed E-state index contributed by atoms with van der Waals surface area (Å²) < 4.78 is 0. The van der Waals surface area contributed by atoms with E-state index in [9.17, 15) is 14.4 Å². The summed E-state index contributed by atoms with van der Waals surface area (Å²) in [4.78, 5) is 39.2. The molecule has 6 nitrogen and oxygen atoms in total. The molecule has 2 atom stereocenters. The normalized spacial score (nSPS) is 23.8. The third-order valence-corrected chi connectivity index (χ3v) is 5.31. The average Bonchev–Trinajstić information content (AvgIpc) is 3.16. The molecule has 128 valence electrons. The van der Waals surface area contributed by atoms with Crippen molar-refractivity contribution >= 4 is 46.7 Å². The lowest BCUT2D eigenvalue weighted by molar-refractivity contribution is -0.142. The maximum Gasteiger partial charge on any atom is 0.308 e. The summed E-state index contributed by atoms with van der Waals surface area (Å²) in [5.74, 6) is -2.77. The largest absolute Gasteiger partial charge is 0.481 e. The van der Waals surface area contributed by atoms with Crippen LogP contribution in [0.3, 0.4) is 0 Å². The van der Waals surface area contributed by atoms with E-state index in [1.54, 1.807) is 18.2 Å². The van der Waals surface area contributed by atoms with Crippen LogP contribution in [0.2, 0.25) is 10.0 Å². The predicted molar refractivity (Wildman–Crippen MR) is 89.2 cm³/mol. The standard InChI is InChI=1S/C16H16Cl2N2O4/c17-12-2-1-10(7-13(12)18)20-6-4-11(15(20)22)14(21)19-5-3-9(8-19)16(23)24/h1-2,7,9,11H,3-6,8H2,(H,23,24)/t9-,11+/m1/s1. The van der Waals surface area contributed by atoms with Gasteiger partial charge in [0.15, 0.2) is 0 Å². The van der Waals surface area contributed by atoms with E-state index in [0.717, 1.165) is 0 Å². The first-order chi connectivity index (χ1) is 11.4. The van der Waals surface area contributed by atoms with Crippen LogP contribution in [0.5, 0.6) is 0 Å². The van der Waals surface area contributed by atoms with Crippen LogP contribution in [0.1, 0.15) is 12.8 Å². The van der Waals surface area contributed by atoms with Gasteiger partial charge >= 0.3 is 5.97 Å². The summed E-state index contributed by atoms with van der Waals surface area (Å²) >= 11 is 11.9. The molecular weight excluding hydrogens is 355 g/mol. The number of benzene rings is 1. The molecule has 2 fully saturated rings. The smallest absolute Gasteiger partial charge is 0.308 e. The summed E-state index contributed by atoms with van der Waals surface area (Å²) in [5.41, 5.74) is 0.606. The number of aliphatic carboxylic acids is 1. The summed E-state index contributed by atoms with van der Waals surface area (Å²) in [7, 11) is 0. The molecule has 2 aliphatic rings. The van der Waals surface area contributed by atoms with Crippen molar-refractivity contribution in [1.82, 2.24) is 4.90 Å². The maximum absolute atomic E-state index is 12.6. The van der Waals surface area contributed by atoms with E-state index in [1.807, 2.05) is 0 Å². The summed E-state index contributed by atoms with van der Waals surface area (Å²) in [5, 5.41) is 9.78. The van der Waals surface area contributed by atoms with E-state index < -0.39 is 17.8 Å². The van der Waals surface area contributed by atoms with Crippen LogP contribution in [0.15, 0.2) is 18.2 Å². The molecule has 0 saturated carbocycles. The number of amides is 2. The molecule has 1 aromatic rings. The lowest BCUT2D eigenvalue weighted by atomic mass is 10.1. The van der Waals surface area contributed by atoms with E-state index in [4.69, 9.17) is 28.3 Å². The van der Waals surface area contributed by atoms with Crippen molar-refractivity contribution in [1.29, 1.82) is 0 Å². The maximum atomic E-state index is 12.6. The Morgan fingerprint density at radius 1 is 1.12 bits per heavy atom. The van der Waals surface area contributed by atoms with Gasteiger partial charge in [-0.25, -0.2) is 0 Å². The van der Waals surface area contributed by atoms with E-state index in [1.165, 1.54) is 9.80 Å². The first kappa shape index (κ1) is 17.0. The third-order valence-electron chi connectivity index (χ3n) is 4.57. The van der Waals surface area contributed by atoms with Gasteiger partial charge in [-0.3, -0.25) is 14.4 Å². The predicted octanol–water partition coefficient (Wildman–Crippen LogP) is 2.28. The Balaban J connectivity index is 1.71. The van der Waals surface area contributed by atoms with Gasteiger partial charge in [-0.15, -0.1) is 0 Å². The van der Waals surface area contributed by atoms with Crippen molar-refractivity contribution < 1.29 is 19.5 Å². The molecule has 1 N–H and O–H groups in total. The van der Waals surface area contributed by atoms with Crippen molar-refractivity contribution in [2.75, 3.05) is 24.5 Å². The molecule has 2 heterocycles. The highest BCUT2D eigenvalue weighted by Crippen LogP contribution is 2.32. The van der Waals surface area contributed by atoms with Gasteiger partial charge in [0.2, 0.25) is 11.8 Å². The zero-order valence-electron chi connectivity index (χ0n) is 12.7. The number of nitrogens with zero attached hydrogens (tertiary/aromatic N) is 2. The number of hydrogen-bond donors (Lipinski definition) is 1. The minimum atomic E-state index is -0.902. The zero-order valence-corrected chi connectivity index (χ0v) is 14.3. The number of anilines is 1. The Bertz CT molecular complexity index is 709. The molecule has 0 unspecified atom stereocenters. The number of carboxylic acids is 1. The number of halogens is 2. The SMILES string of the molecule is O=C(O)[C@@H]1CCN(C(=O)[C@@H]2CCN(c3ccc(Cl)c(Cl)c3)C2=O)C1. The highest BCUT2D eigenvalue weighted by atomic mass is 35.5. The molecule has 1 aromatic carbocycles. The highest BCUT2D eigenvalue weighted by Gasteiger charge is 2.42. The molecule has 0 spiro atoms. The van der Waals surface area contributed by atoms with E-state index in [2.05, 4.69) is 0 Å². The minimum absolute atomic E-state index is 0.171. The Hall–Kier alpha value is -1.79. The number of carbonyl (C=O) groups is 3. The van der Waals surface area contributed by atoms with Crippen LogP contribution >= 0.6 is 23.2 Å². The van der Waals surface area contributed by atoms with E-state index in [-0.39, 0.29) is 18.4 Å². The first-order valence-electron chi connectivity index (χ1n) is 7.66. The van der Waals surface area contributed by atoms with Crippen LogP contribution in [0, 0.1) is 11.8 Å². The van der Waals surface area contributed by atoms with Crippen molar-refractivity contribution in [2.24, 2.45) is 11.8 Å². The lowest BCUT2D eigenvalue weighted by Crippen LogP contribution is -2.39. The van der Waals surface area contributed by atoms with Crippen LogP contribution < -0.4 is 4.90 Å². The van der Waals surface area contributed by atoms with Crippen molar-refractivity contribution in [3.05, 3.63) is 28.2 Å². The molecule has 2 amide bonds.